The standard InChI is InChI=1S/C23H19NO4S/c1-3-27-23(26)20-18(19-12-11-14(2)28-19)13-29-22(20)24-21(25)17-10-6-8-15-7-4-5-9-16(15)17/h4-13H,3H2,1-2H3,(H,24,25). The molecule has 29 heavy (non-hydrogen) atoms. The quantitative estimate of drug-likeness (QED) is 0.420. The number of hydrogen-bond acceptors (Lipinski definition) is 5. The van der Waals surface area contributed by atoms with Gasteiger partial charge in [0.15, 0.2) is 0 Å². The van der Waals surface area contributed by atoms with Crippen molar-refractivity contribution in [3.05, 3.63) is 76.9 Å². The highest BCUT2D eigenvalue weighted by Crippen LogP contribution is 2.37. The lowest BCUT2D eigenvalue weighted by Crippen LogP contribution is -2.15. The van der Waals surface area contributed by atoms with Crippen LogP contribution in [0.25, 0.3) is 22.1 Å². The molecule has 1 N–H and O–H groups in total. The van der Waals surface area contributed by atoms with Crippen molar-refractivity contribution in [2.45, 2.75) is 13.8 Å². The number of furan rings is 1. The Balaban J connectivity index is 1.74. The number of fused-ring (bicyclic) bond motifs is 1. The lowest BCUT2D eigenvalue weighted by Gasteiger charge is -2.09. The first-order chi connectivity index (χ1) is 14.1. The molecule has 0 aliphatic rings. The van der Waals surface area contributed by atoms with Crippen LogP contribution in [0.3, 0.4) is 0 Å². The Morgan fingerprint density at radius 2 is 1.86 bits per heavy atom. The van der Waals surface area contributed by atoms with Crippen LogP contribution in [0.1, 0.15) is 33.4 Å². The molecular weight excluding hydrogens is 386 g/mol. The maximum absolute atomic E-state index is 13.0. The minimum absolute atomic E-state index is 0.238. The zero-order chi connectivity index (χ0) is 20.4. The topological polar surface area (TPSA) is 68.5 Å². The van der Waals surface area contributed by atoms with E-state index in [1.807, 2.05) is 49.4 Å². The molecule has 0 radical (unpaired) electrons. The van der Waals surface area contributed by atoms with Gasteiger partial charge in [-0.25, -0.2) is 4.79 Å². The summed E-state index contributed by atoms with van der Waals surface area (Å²) < 4.78 is 10.9. The van der Waals surface area contributed by atoms with E-state index in [4.69, 9.17) is 9.15 Å². The Hall–Kier alpha value is -3.38. The Morgan fingerprint density at radius 3 is 2.62 bits per heavy atom. The summed E-state index contributed by atoms with van der Waals surface area (Å²) >= 11 is 1.27. The van der Waals surface area contributed by atoms with Crippen molar-refractivity contribution in [3.63, 3.8) is 0 Å². The molecule has 1 amide bonds. The minimum Gasteiger partial charge on any atom is -0.462 e. The van der Waals surface area contributed by atoms with Gasteiger partial charge < -0.3 is 14.5 Å². The van der Waals surface area contributed by atoms with E-state index in [0.29, 0.717) is 27.5 Å². The van der Waals surface area contributed by atoms with Crippen molar-refractivity contribution in [1.29, 1.82) is 0 Å². The molecule has 0 unspecified atom stereocenters. The fourth-order valence-corrected chi connectivity index (χ4v) is 4.14. The molecule has 0 spiro atoms. The number of hydrogen-bond donors (Lipinski definition) is 1. The van der Waals surface area contributed by atoms with E-state index < -0.39 is 5.97 Å². The summed E-state index contributed by atoms with van der Waals surface area (Å²) in [5, 5.41) is 6.95. The highest BCUT2D eigenvalue weighted by Gasteiger charge is 2.25. The second kappa shape index (κ2) is 7.93. The molecule has 5 nitrogen and oxygen atoms in total. The molecule has 2 aromatic carbocycles. The number of carbonyl (C=O) groups is 2. The molecule has 146 valence electrons. The van der Waals surface area contributed by atoms with Gasteiger partial charge >= 0.3 is 5.97 Å². The number of amides is 1. The molecule has 2 aromatic heterocycles. The number of rotatable bonds is 5. The Morgan fingerprint density at radius 1 is 1.07 bits per heavy atom. The number of esters is 1. The van der Waals surface area contributed by atoms with Gasteiger partial charge in [-0.2, -0.15) is 0 Å². The molecule has 0 aliphatic heterocycles. The van der Waals surface area contributed by atoms with Crippen LogP contribution in [0, 0.1) is 6.92 Å². The second-order valence-electron chi connectivity index (χ2n) is 6.47. The Kier molecular flexibility index (Phi) is 5.18. The van der Waals surface area contributed by atoms with Crippen LogP contribution in [0.15, 0.2) is 64.4 Å². The van der Waals surface area contributed by atoms with Gasteiger partial charge in [0.2, 0.25) is 0 Å². The van der Waals surface area contributed by atoms with Gasteiger partial charge in [0.1, 0.15) is 22.1 Å². The van der Waals surface area contributed by atoms with E-state index in [9.17, 15) is 9.59 Å². The van der Waals surface area contributed by atoms with E-state index in [2.05, 4.69) is 5.32 Å². The minimum atomic E-state index is -0.494. The van der Waals surface area contributed by atoms with Crippen molar-refractivity contribution in [2.24, 2.45) is 0 Å². The lowest BCUT2D eigenvalue weighted by atomic mass is 10.0. The smallest absolute Gasteiger partial charge is 0.341 e. The maximum atomic E-state index is 13.0. The highest BCUT2D eigenvalue weighted by molar-refractivity contribution is 7.15. The van der Waals surface area contributed by atoms with Gasteiger partial charge in [-0.15, -0.1) is 11.3 Å². The third-order valence-corrected chi connectivity index (χ3v) is 5.43. The normalized spacial score (nSPS) is 10.8. The summed E-state index contributed by atoms with van der Waals surface area (Å²) in [6.07, 6.45) is 0. The van der Waals surface area contributed by atoms with Gasteiger partial charge in [0, 0.05) is 16.5 Å². The largest absolute Gasteiger partial charge is 0.462 e. The van der Waals surface area contributed by atoms with Crippen molar-refractivity contribution >= 4 is 39.0 Å². The van der Waals surface area contributed by atoms with Crippen LogP contribution >= 0.6 is 11.3 Å². The number of benzene rings is 2. The molecular formula is C23H19NO4S. The first-order valence-corrected chi connectivity index (χ1v) is 10.1. The molecule has 0 saturated carbocycles. The van der Waals surface area contributed by atoms with Crippen LogP contribution in [0.2, 0.25) is 0 Å². The SMILES string of the molecule is CCOC(=O)c1c(-c2ccc(C)o2)csc1NC(=O)c1cccc2ccccc12. The second-order valence-corrected chi connectivity index (χ2v) is 7.34. The average Bonchev–Trinajstić information content (AvgIpc) is 3.33. The Labute approximate surface area is 171 Å². The van der Waals surface area contributed by atoms with Gasteiger partial charge in [0.05, 0.1) is 6.61 Å². The van der Waals surface area contributed by atoms with Crippen molar-refractivity contribution < 1.29 is 18.7 Å². The molecule has 4 rings (SSSR count). The number of carbonyl (C=O) groups excluding carboxylic acids is 2. The summed E-state index contributed by atoms with van der Waals surface area (Å²) in [5.41, 5.74) is 1.45. The molecule has 0 saturated heterocycles. The molecule has 0 bridgehead atoms. The van der Waals surface area contributed by atoms with Crippen LogP contribution in [-0.2, 0) is 4.74 Å². The summed E-state index contributed by atoms with van der Waals surface area (Å²) in [6, 6.07) is 16.9. The number of ether oxygens (including phenoxy) is 1. The molecule has 0 atom stereocenters. The Bertz CT molecular complexity index is 1200. The fraction of sp³-hybridized carbons (Fsp3) is 0.130. The molecule has 6 heteroatoms. The fourth-order valence-electron chi connectivity index (χ4n) is 3.21. The van der Waals surface area contributed by atoms with E-state index in [0.717, 1.165) is 16.5 Å². The predicted molar refractivity (Wildman–Crippen MR) is 115 cm³/mol. The predicted octanol–water partition coefficient (Wildman–Crippen LogP) is 5.90. The first kappa shape index (κ1) is 19.0. The molecule has 0 aliphatic carbocycles. The van der Waals surface area contributed by atoms with E-state index in [-0.39, 0.29) is 12.5 Å². The summed E-state index contributed by atoms with van der Waals surface area (Å²) in [4.78, 5) is 25.7. The van der Waals surface area contributed by atoms with Crippen LogP contribution in [0.5, 0.6) is 0 Å². The number of anilines is 1. The first-order valence-electron chi connectivity index (χ1n) is 9.23. The summed E-state index contributed by atoms with van der Waals surface area (Å²) in [6.45, 7) is 3.82. The summed E-state index contributed by atoms with van der Waals surface area (Å²) in [7, 11) is 0. The molecule has 4 aromatic rings. The van der Waals surface area contributed by atoms with Gasteiger partial charge in [-0.3, -0.25) is 4.79 Å². The number of aryl methyl sites for hydroxylation is 1. The van der Waals surface area contributed by atoms with Crippen molar-refractivity contribution in [1.82, 2.24) is 0 Å². The van der Waals surface area contributed by atoms with Crippen molar-refractivity contribution in [3.8, 4) is 11.3 Å². The maximum Gasteiger partial charge on any atom is 0.341 e. The average molecular weight is 405 g/mol. The summed E-state index contributed by atoms with van der Waals surface area (Å²) in [5.74, 6) is 0.525. The van der Waals surface area contributed by atoms with E-state index in [1.165, 1.54) is 11.3 Å². The highest BCUT2D eigenvalue weighted by atomic mass is 32.1. The van der Waals surface area contributed by atoms with Crippen LogP contribution in [0.4, 0.5) is 5.00 Å². The number of nitrogens with one attached hydrogen (secondary N) is 1. The third kappa shape index (κ3) is 3.67. The monoisotopic (exact) mass is 405 g/mol. The van der Waals surface area contributed by atoms with E-state index >= 15 is 0 Å². The van der Waals surface area contributed by atoms with Gasteiger partial charge in [0.25, 0.3) is 5.91 Å². The molecule has 0 fully saturated rings. The lowest BCUT2D eigenvalue weighted by molar-refractivity contribution is 0.0528. The van der Waals surface area contributed by atoms with Crippen molar-refractivity contribution in [2.75, 3.05) is 11.9 Å². The molecule has 2 heterocycles. The van der Waals surface area contributed by atoms with Crippen LogP contribution in [-0.4, -0.2) is 18.5 Å². The van der Waals surface area contributed by atoms with E-state index in [1.54, 1.807) is 24.4 Å². The van der Waals surface area contributed by atoms with Crippen LogP contribution < -0.4 is 5.32 Å². The number of thiophene rings is 1. The zero-order valence-corrected chi connectivity index (χ0v) is 16.8. The zero-order valence-electron chi connectivity index (χ0n) is 16.0. The van der Waals surface area contributed by atoms with Gasteiger partial charge in [-0.1, -0.05) is 36.4 Å². The van der Waals surface area contributed by atoms with Gasteiger partial charge in [-0.05, 0) is 42.8 Å². The third-order valence-electron chi connectivity index (χ3n) is 4.54.